The number of nitrogens with one attached hydrogen (secondary N) is 3. The van der Waals surface area contributed by atoms with Crippen LogP contribution in [0.15, 0.2) is 23.9 Å². The number of hydrogen-bond acceptors (Lipinski definition) is 6. The molecule has 0 bridgehead atoms. The molecule has 2 heterocycles. The summed E-state index contributed by atoms with van der Waals surface area (Å²) in [5.74, 6) is -0.187. The van der Waals surface area contributed by atoms with E-state index in [4.69, 9.17) is 10.1 Å². The number of rotatable bonds is 8. The number of carbonyl (C=O) groups is 1. The van der Waals surface area contributed by atoms with E-state index < -0.39 is 11.6 Å². The lowest BCUT2D eigenvalue weighted by atomic mass is 10.1. The van der Waals surface area contributed by atoms with Gasteiger partial charge in [-0.05, 0) is 45.2 Å². The van der Waals surface area contributed by atoms with Crippen molar-refractivity contribution in [2.24, 2.45) is 0 Å². The summed E-state index contributed by atoms with van der Waals surface area (Å²) >= 11 is 0. The highest BCUT2D eigenvalue weighted by atomic mass is 16.5. The minimum absolute atomic E-state index is 0.0403. The Kier molecular flexibility index (Phi) is 6.74. The zero-order valence-electron chi connectivity index (χ0n) is 15.7. The van der Waals surface area contributed by atoms with Crippen LogP contribution in [0.25, 0.3) is 0 Å². The van der Waals surface area contributed by atoms with Crippen LogP contribution in [0.1, 0.15) is 38.4 Å². The molecule has 0 aliphatic carbocycles. The first-order valence-corrected chi connectivity index (χ1v) is 8.87. The zero-order chi connectivity index (χ0) is 19.2. The molecule has 1 aromatic heterocycles. The largest absolute Gasteiger partial charge is 0.478 e. The fraction of sp³-hybridized carbons (Fsp3) is 0.526. The van der Waals surface area contributed by atoms with E-state index in [1.165, 1.54) is 11.8 Å². The third-order valence-electron chi connectivity index (χ3n) is 3.93. The zero-order valence-corrected chi connectivity index (χ0v) is 15.7. The molecule has 0 atom stereocenters. The maximum absolute atomic E-state index is 11.4. The molecule has 2 rings (SSSR count). The number of ether oxygens (including phenoxy) is 1. The van der Waals surface area contributed by atoms with Crippen molar-refractivity contribution < 1.29 is 14.6 Å². The standard InChI is InChI=1S/C19H28N4O3/c1-19(2,3)26-12-16(20)15(18(24)25)11-21-10-8-14-7-6-13-5-4-9-22-17(13)23-14/h6-7,11,20-21H,4-5,8-10,12H2,1-3H3,(H,22,23)(H,24,25)/b15-11+,20-16?. The third kappa shape index (κ3) is 6.15. The summed E-state index contributed by atoms with van der Waals surface area (Å²) in [4.78, 5) is 16.0. The Balaban J connectivity index is 1.88. The molecule has 0 radical (unpaired) electrons. The van der Waals surface area contributed by atoms with Gasteiger partial charge < -0.3 is 25.9 Å². The van der Waals surface area contributed by atoms with Crippen LogP contribution in [0, 0.1) is 5.41 Å². The lowest BCUT2D eigenvalue weighted by molar-refractivity contribution is -0.132. The van der Waals surface area contributed by atoms with Gasteiger partial charge in [-0.15, -0.1) is 0 Å². The van der Waals surface area contributed by atoms with E-state index in [0.717, 1.165) is 30.9 Å². The average molecular weight is 360 g/mol. The number of fused-ring (bicyclic) bond motifs is 1. The quantitative estimate of drug-likeness (QED) is 0.322. The molecule has 0 amide bonds. The predicted molar refractivity (Wildman–Crippen MR) is 102 cm³/mol. The number of aliphatic carboxylic acids is 1. The monoisotopic (exact) mass is 360 g/mol. The van der Waals surface area contributed by atoms with Crippen LogP contribution in [0.4, 0.5) is 5.82 Å². The van der Waals surface area contributed by atoms with E-state index in [9.17, 15) is 9.90 Å². The Hall–Kier alpha value is -2.41. The van der Waals surface area contributed by atoms with Crippen LogP contribution in [-0.4, -0.2) is 47.1 Å². The number of carboxylic acids is 1. The van der Waals surface area contributed by atoms with Gasteiger partial charge in [-0.2, -0.15) is 0 Å². The van der Waals surface area contributed by atoms with E-state index in [0.29, 0.717) is 13.0 Å². The summed E-state index contributed by atoms with van der Waals surface area (Å²) in [5.41, 5.74) is 1.62. The molecular formula is C19H28N4O3. The molecule has 0 unspecified atom stereocenters. The van der Waals surface area contributed by atoms with E-state index in [-0.39, 0.29) is 17.9 Å². The Morgan fingerprint density at radius 3 is 2.92 bits per heavy atom. The van der Waals surface area contributed by atoms with E-state index >= 15 is 0 Å². The third-order valence-corrected chi connectivity index (χ3v) is 3.93. The first-order chi connectivity index (χ1) is 12.3. The second-order valence-corrected chi connectivity index (χ2v) is 7.29. The molecule has 1 aromatic rings. The van der Waals surface area contributed by atoms with Gasteiger partial charge in [-0.1, -0.05) is 6.07 Å². The molecule has 0 saturated carbocycles. The Bertz CT molecular complexity index is 693. The SMILES string of the molecule is CC(C)(C)OCC(=N)/C(=C\NCCc1ccc2c(n1)NCCC2)C(=O)O. The Labute approximate surface area is 154 Å². The lowest BCUT2D eigenvalue weighted by Crippen LogP contribution is -2.27. The minimum Gasteiger partial charge on any atom is -0.478 e. The number of hydrogen-bond donors (Lipinski definition) is 4. The summed E-state index contributed by atoms with van der Waals surface area (Å²) in [6.07, 6.45) is 4.22. The minimum atomic E-state index is -1.14. The second-order valence-electron chi connectivity index (χ2n) is 7.29. The van der Waals surface area contributed by atoms with Crippen LogP contribution < -0.4 is 10.6 Å². The van der Waals surface area contributed by atoms with Crippen LogP contribution in [0.2, 0.25) is 0 Å². The van der Waals surface area contributed by atoms with Crippen LogP contribution in [0.5, 0.6) is 0 Å². The lowest BCUT2D eigenvalue weighted by Gasteiger charge is -2.19. The molecular weight excluding hydrogens is 332 g/mol. The van der Waals surface area contributed by atoms with Crippen molar-refractivity contribution in [3.05, 3.63) is 35.2 Å². The summed E-state index contributed by atoms with van der Waals surface area (Å²) in [5, 5.41) is 23.5. The summed E-state index contributed by atoms with van der Waals surface area (Å²) in [6, 6.07) is 4.11. The molecule has 7 heteroatoms. The molecule has 7 nitrogen and oxygen atoms in total. The van der Waals surface area contributed by atoms with Gasteiger partial charge in [0.25, 0.3) is 0 Å². The number of nitrogens with zero attached hydrogens (tertiary/aromatic N) is 1. The van der Waals surface area contributed by atoms with E-state index in [2.05, 4.69) is 21.7 Å². The summed E-state index contributed by atoms with van der Waals surface area (Å²) < 4.78 is 5.48. The molecule has 4 N–H and O–H groups in total. The van der Waals surface area contributed by atoms with Crippen molar-refractivity contribution in [2.75, 3.05) is 25.0 Å². The van der Waals surface area contributed by atoms with Crippen molar-refractivity contribution in [1.82, 2.24) is 10.3 Å². The van der Waals surface area contributed by atoms with E-state index in [1.807, 2.05) is 26.8 Å². The van der Waals surface area contributed by atoms with Crippen molar-refractivity contribution in [3.8, 4) is 0 Å². The molecule has 0 fully saturated rings. The van der Waals surface area contributed by atoms with Crippen LogP contribution in [0.3, 0.4) is 0 Å². The smallest absolute Gasteiger partial charge is 0.339 e. The van der Waals surface area contributed by atoms with Crippen LogP contribution in [-0.2, 0) is 22.4 Å². The number of pyridine rings is 1. The van der Waals surface area contributed by atoms with Gasteiger partial charge in [0.2, 0.25) is 0 Å². The number of anilines is 1. The van der Waals surface area contributed by atoms with Gasteiger partial charge in [-0.3, -0.25) is 0 Å². The van der Waals surface area contributed by atoms with E-state index in [1.54, 1.807) is 0 Å². The number of aryl methyl sites for hydroxylation is 1. The molecule has 0 saturated heterocycles. The highest BCUT2D eigenvalue weighted by molar-refractivity contribution is 6.18. The number of carboxylic acid groups (broad SMARTS) is 1. The highest BCUT2D eigenvalue weighted by Gasteiger charge is 2.17. The number of aromatic nitrogens is 1. The van der Waals surface area contributed by atoms with Gasteiger partial charge in [0.15, 0.2) is 0 Å². The normalized spacial score (nSPS) is 14.3. The average Bonchev–Trinajstić information content (AvgIpc) is 2.58. The van der Waals surface area contributed by atoms with Gasteiger partial charge in [-0.25, -0.2) is 9.78 Å². The molecule has 1 aliphatic heterocycles. The fourth-order valence-electron chi connectivity index (χ4n) is 2.53. The summed E-state index contributed by atoms with van der Waals surface area (Å²) in [6.45, 7) is 7.04. The fourth-order valence-corrected chi connectivity index (χ4v) is 2.53. The van der Waals surface area contributed by atoms with Gasteiger partial charge in [0.1, 0.15) is 5.82 Å². The van der Waals surface area contributed by atoms with Gasteiger partial charge >= 0.3 is 5.97 Å². The second kappa shape index (κ2) is 8.80. The molecule has 142 valence electrons. The molecule has 0 aromatic carbocycles. The predicted octanol–water partition coefficient (Wildman–Crippen LogP) is 2.38. The van der Waals surface area contributed by atoms with Crippen molar-refractivity contribution in [1.29, 1.82) is 5.41 Å². The van der Waals surface area contributed by atoms with Crippen LogP contribution >= 0.6 is 0 Å². The Morgan fingerprint density at radius 2 is 2.23 bits per heavy atom. The van der Waals surface area contributed by atoms with Gasteiger partial charge in [0.05, 0.1) is 23.5 Å². The maximum atomic E-state index is 11.4. The van der Waals surface area contributed by atoms with Crippen molar-refractivity contribution in [2.45, 2.75) is 45.6 Å². The molecule has 0 spiro atoms. The van der Waals surface area contributed by atoms with Crippen molar-refractivity contribution in [3.63, 3.8) is 0 Å². The van der Waals surface area contributed by atoms with Crippen molar-refractivity contribution >= 4 is 17.5 Å². The van der Waals surface area contributed by atoms with Gasteiger partial charge in [0, 0.05) is 31.4 Å². The Morgan fingerprint density at radius 1 is 1.46 bits per heavy atom. The summed E-state index contributed by atoms with van der Waals surface area (Å²) in [7, 11) is 0. The molecule has 26 heavy (non-hydrogen) atoms. The first-order valence-electron chi connectivity index (χ1n) is 8.87. The highest BCUT2D eigenvalue weighted by Crippen LogP contribution is 2.19. The maximum Gasteiger partial charge on any atom is 0.339 e. The topological polar surface area (TPSA) is 107 Å². The first kappa shape index (κ1) is 19.9. The molecule has 1 aliphatic rings.